The maximum Gasteiger partial charge on any atom is 0.336 e. The van der Waals surface area contributed by atoms with Crippen LogP contribution in [0, 0.1) is 0 Å². The molecule has 0 aliphatic rings. The molecular weight excluding hydrogens is 194 g/mol. The van der Waals surface area contributed by atoms with Crippen LogP contribution in [0.3, 0.4) is 0 Å². The molecule has 0 saturated heterocycles. The second kappa shape index (κ2) is 3.80. The summed E-state index contributed by atoms with van der Waals surface area (Å²) in [4.78, 5) is 14.2. The van der Waals surface area contributed by atoms with E-state index in [1.165, 1.54) is 19.4 Å². The van der Waals surface area contributed by atoms with Crippen molar-refractivity contribution in [1.82, 2.24) is 4.98 Å². The molecule has 0 fully saturated rings. The van der Waals surface area contributed by atoms with E-state index in [0.717, 1.165) is 11.8 Å². The Morgan fingerprint density at radius 1 is 1.85 bits per heavy atom. The summed E-state index contributed by atoms with van der Waals surface area (Å²) < 4.78 is 4.86. The second-order valence-electron chi connectivity index (χ2n) is 2.67. The highest BCUT2D eigenvalue weighted by atomic mass is 32.2. The largest absolute Gasteiger partial charge is 0.479 e. The van der Waals surface area contributed by atoms with Crippen LogP contribution in [0.2, 0.25) is 0 Å². The fourth-order valence-electron chi connectivity index (χ4n) is 0.546. The van der Waals surface area contributed by atoms with Crippen molar-refractivity contribution in [2.75, 3.05) is 5.75 Å². The molecule has 0 aliphatic carbocycles. The van der Waals surface area contributed by atoms with E-state index in [2.05, 4.69) is 4.98 Å². The predicted molar refractivity (Wildman–Crippen MR) is 45.5 cm³/mol. The third kappa shape index (κ3) is 2.74. The first-order valence-corrected chi connectivity index (χ1v) is 4.49. The van der Waals surface area contributed by atoms with Gasteiger partial charge >= 0.3 is 5.97 Å². The van der Waals surface area contributed by atoms with Crippen LogP contribution in [-0.4, -0.2) is 32.5 Å². The molecule has 2 N–H and O–H groups in total. The molecule has 5 nitrogen and oxygen atoms in total. The quantitative estimate of drug-likeness (QED) is 0.697. The number of carboxylic acids is 1. The van der Waals surface area contributed by atoms with Crippen LogP contribution in [0.5, 0.6) is 0 Å². The SMILES string of the molecule is CC(O)(CSc1ncco1)C(=O)O. The number of carbonyl (C=O) groups is 1. The van der Waals surface area contributed by atoms with Crippen LogP contribution >= 0.6 is 11.8 Å². The van der Waals surface area contributed by atoms with E-state index >= 15 is 0 Å². The minimum Gasteiger partial charge on any atom is -0.479 e. The van der Waals surface area contributed by atoms with Crippen molar-refractivity contribution in [2.45, 2.75) is 17.7 Å². The lowest BCUT2D eigenvalue weighted by molar-refractivity contribution is -0.154. The summed E-state index contributed by atoms with van der Waals surface area (Å²) in [5, 5.41) is 18.2. The summed E-state index contributed by atoms with van der Waals surface area (Å²) >= 11 is 1.05. The maximum atomic E-state index is 10.5. The third-order valence-electron chi connectivity index (χ3n) is 1.35. The second-order valence-corrected chi connectivity index (χ2v) is 3.59. The molecule has 1 aromatic heterocycles. The van der Waals surface area contributed by atoms with Crippen molar-refractivity contribution < 1.29 is 19.4 Å². The molecule has 13 heavy (non-hydrogen) atoms. The Kier molecular flexibility index (Phi) is 2.94. The van der Waals surface area contributed by atoms with Gasteiger partial charge in [-0.2, -0.15) is 0 Å². The smallest absolute Gasteiger partial charge is 0.336 e. The molecule has 1 aromatic rings. The van der Waals surface area contributed by atoms with E-state index in [9.17, 15) is 9.90 Å². The average Bonchev–Trinajstić information content (AvgIpc) is 2.52. The van der Waals surface area contributed by atoms with E-state index in [4.69, 9.17) is 9.52 Å². The lowest BCUT2D eigenvalue weighted by Gasteiger charge is -2.15. The Hall–Kier alpha value is -1.01. The van der Waals surface area contributed by atoms with E-state index in [0.29, 0.717) is 5.22 Å². The van der Waals surface area contributed by atoms with Crippen molar-refractivity contribution in [3.8, 4) is 0 Å². The summed E-state index contributed by atoms with van der Waals surface area (Å²) in [6.45, 7) is 1.23. The zero-order valence-electron chi connectivity index (χ0n) is 6.93. The van der Waals surface area contributed by atoms with Crippen LogP contribution in [-0.2, 0) is 4.79 Å². The Morgan fingerprint density at radius 3 is 3.00 bits per heavy atom. The number of hydrogen-bond acceptors (Lipinski definition) is 5. The Morgan fingerprint density at radius 2 is 2.54 bits per heavy atom. The molecule has 0 radical (unpaired) electrons. The molecule has 1 heterocycles. The number of thioether (sulfide) groups is 1. The highest BCUT2D eigenvalue weighted by Crippen LogP contribution is 2.20. The van der Waals surface area contributed by atoms with Gasteiger partial charge in [-0.3, -0.25) is 0 Å². The zero-order valence-corrected chi connectivity index (χ0v) is 7.74. The van der Waals surface area contributed by atoms with E-state index in [-0.39, 0.29) is 5.75 Å². The van der Waals surface area contributed by atoms with Gasteiger partial charge in [-0.25, -0.2) is 9.78 Å². The van der Waals surface area contributed by atoms with Gasteiger partial charge < -0.3 is 14.6 Å². The molecule has 1 rings (SSSR count). The van der Waals surface area contributed by atoms with Crippen molar-refractivity contribution in [2.24, 2.45) is 0 Å². The summed E-state index contributed by atoms with van der Waals surface area (Å²) in [6.07, 6.45) is 2.84. The fraction of sp³-hybridized carbons (Fsp3) is 0.429. The minimum absolute atomic E-state index is 0.00282. The van der Waals surface area contributed by atoms with E-state index in [1.54, 1.807) is 0 Å². The standard InChI is InChI=1S/C7H9NO4S/c1-7(11,5(9)10)4-13-6-8-2-3-12-6/h2-3,11H,4H2,1H3,(H,9,10). The van der Waals surface area contributed by atoms with Crippen LogP contribution in [0.25, 0.3) is 0 Å². The molecule has 0 aliphatic heterocycles. The van der Waals surface area contributed by atoms with Gasteiger partial charge in [-0.1, -0.05) is 11.8 Å². The Bertz CT molecular complexity index is 283. The molecule has 0 aromatic carbocycles. The van der Waals surface area contributed by atoms with Crippen molar-refractivity contribution in [3.05, 3.63) is 12.5 Å². The molecule has 0 bridgehead atoms. The lowest BCUT2D eigenvalue weighted by atomic mass is 10.1. The number of rotatable bonds is 4. The van der Waals surface area contributed by atoms with Crippen molar-refractivity contribution in [1.29, 1.82) is 0 Å². The number of aliphatic carboxylic acids is 1. The molecule has 0 amide bonds. The number of aliphatic hydroxyl groups is 1. The molecule has 1 atom stereocenters. The van der Waals surface area contributed by atoms with E-state index < -0.39 is 11.6 Å². The number of nitrogens with zero attached hydrogens (tertiary/aromatic N) is 1. The van der Waals surface area contributed by atoms with Crippen LogP contribution in [0.15, 0.2) is 22.1 Å². The first-order chi connectivity index (χ1) is 6.02. The predicted octanol–water partition coefficient (Wildman–Crippen LogP) is 0.602. The Balaban J connectivity index is 2.47. The molecule has 72 valence electrons. The molecular formula is C7H9NO4S. The van der Waals surface area contributed by atoms with Gasteiger partial charge in [0.05, 0.1) is 6.20 Å². The lowest BCUT2D eigenvalue weighted by Crippen LogP contribution is -2.37. The van der Waals surface area contributed by atoms with Crippen LogP contribution in [0.4, 0.5) is 0 Å². The van der Waals surface area contributed by atoms with E-state index in [1.807, 2.05) is 0 Å². The molecule has 0 spiro atoms. The average molecular weight is 203 g/mol. The van der Waals surface area contributed by atoms with Crippen molar-refractivity contribution in [3.63, 3.8) is 0 Å². The number of oxazole rings is 1. The number of hydrogen-bond donors (Lipinski definition) is 2. The van der Waals surface area contributed by atoms with Gasteiger partial charge in [0.1, 0.15) is 6.26 Å². The number of carboxylic acid groups (broad SMARTS) is 1. The van der Waals surface area contributed by atoms with Gasteiger partial charge in [0, 0.05) is 5.75 Å². The third-order valence-corrected chi connectivity index (χ3v) is 2.50. The van der Waals surface area contributed by atoms with Gasteiger partial charge in [0.15, 0.2) is 5.60 Å². The molecule has 1 unspecified atom stereocenters. The van der Waals surface area contributed by atoms with Crippen molar-refractivity contribution >= 4 is 17.7 Å². The monoisotopic (exact) mass is 203 g/mol. The topological polar surface area (TPSA) is 83.6 Å². The summed E-state index contributed by atoms with van der Waals surface area (Å²) in [5.41, 5.74) is -1.75. The first-order valence-electron chi connectivity index (χ1n) is 3.50. The number of aromatic nitrogens is 1. The van der Waals surface area contributed by atoms with Gasteiger partial charge in [-0.05, 0) is 6.92 Å². The molecule has 0 saturated carbocycles. The highest BCUT2D eigenvalue weighted by molar-refractivity contribution is 7.99. The maximum absolute atomic E-state index is 10.5. The molecule has 6 heteroatoms. The van der Waals surface area contributed by atoms with Gasteiger partial charge in [0.25, 0.3) is 5.22 Å². The van der Waals surface area contributed by atoms with Crippen LogP contribution < -0.4 is 0 Å². The minimum atomic E-state index is -1.75. The fourth-order valence-corrected chi connectivity index (χ4v) is 1.33. The van der Waals surface area contributed by atoms with Gasteiger partial charge in [0.2, 0.25) is 0 Å². The van der Waals surface area contributed by atoms with Crippen LogP contribution in [0.1, 0.15) is 6.92 Å². The summed E-state index contributed by atoms with van der Waals surface area (Å²) in [6, 6.07) is 0. The van der Waals surface area contributed by atoms with Gasteiger partial charge in [-0.15, -0.1) is 0 Å². The summed E-state index contributed by atoms with van der Waals surface area (Å²) in [7, 11) is 0. The Labute approximate surface area is 78.8 Å². The first kappa shape index (κ1) is 10.1. The normalized spacial score (nSPS) is 15.2. The zero-order chi connectivity index (χ0) is 9.90. The summed E-state index contributed by atoms with van der Waals surface area (Å²) in [5.74, 6) is -1.25. The highest BCUT2D eigenvalue weighted by Gasteiger charge is 2.30.